The van der Waals surface area contributed by atoms with Crippen LogP contribution in [-0.4, -0.2) is 60.5 Å². The van der Waals surface area contributed by atoms with Gasteiger partial charge in [-0.3, -0.25) is 15.2 Å². The van der Waals surface area contributed by atoms with E-state index in [1.54, 1.807) is 4.90 Å². The number of halogens is 1. The molecule has 0 spiro atoms. The van der Waals surface area contributed by atoms with Crippen molar-refractivity contribution in [3.05, 3.63) is 0 Å². The van der Waals surface area contributed by atoms with Crippen LogP contribution in [0.15, 0.2) is 4.99 Å². The third kappa shape index (κ3) is 3.34. The van der Waals surface area contributed by atoms with Crippen LogP contribution in [0.3, 0.4) is 0 Å². The second-order valence-corrected chi connectivity index (χ2v) is 7.90. The predicted molar refractivity (Wildman–Crippen MR) is 92.3 cm³/mol. The van der Waals surface area contributed by atoms with Gasteiger partial charge in [0.15, 0.2) is 0 Å². The summed E-state index contributed by atoms with van der Waals surface area (Å²) in [4.78, 5) is 19.3. The first kappa shape index (κ1) is 17.8. The molecular formula is C17H30FN5O. The van der Waals surface area contributed by atoms with Crippen LogP contribution >= 0.6 is 0 Å². The van der Waals surface area contributed by atoms with E-state index in [1.165, 1.54) is 0 Å². The average molecular weight is 339 g/mol. The van der Waals surface area contributed by atoms with E-state index in [9.17, 15) is 9.18 Å². The second-order valence-electron chi connectivity index (χ2n) is 7.90. The van der Waals surface area contributed by atoms with Gasteiger partial charge in [0.25, 0.3) is 0 Å². The Morgan fingerprint density at radius 3 is 2.79 bits per heavy atom. The topological polar surface area (TPSA) is 82.8 Å². The first-order valence-corrected chi connectivity index (χ1v) is 9.09. The Morgan fingerprint density at radius 1 is 1.38 bits per heavy atom. The minimum Gasteiger partial charge on any atom is -0.335 e. The van der Waals surface area contributed by atoms with Gasteiger partial charge in [-0.1, -0.05) is 6.92 Å². The number of hydrazine groups is 1. The lowest BCUT2D eigenvalue weighted by Crippen LogP contribution is -2.53. The summed E-state index contributed by atoms with van der Waals surface area (Å²) < 4.78 is 14.2. The van der Waals surface area contributed by atoms with Gasteiger partial charge in [0, 0.05) is 49.1 Å². The maximum absolute atomic E-state index is 14.2. The molecule has 3 heterocycles. The van der Waals surface area contributed by atoms with E-state index in [-0.39, 0.29) is 42.4 Å². The highest BCUT2D eigenvalue weighted by atomic mass is 19.1. The third-order valence-electron chi connectivity index (χ3n) is 5.76. The van der Waals surface area contributed by atoms with Gasteiger partial charge in [0.1, 0.15) is 12.2 Å². The summed E-state index contributed by atoms with van der Waals surface area (Å²) in [7, 11) is 0. The molecule has 136 valence electrons. The predicted octanol–water partition coefficient (Wildman–Crippen LogP) is 0.481. The van der Waals surface area contributed by atoms with Gasteiger partial charge in [-0.05, 0) is 26.2 Å². The molecule has 3 aliphatic heterocycles. The smallest absolute Gasteiger partial charge is 0.241 e. The summed E-state index contributed by atoms with van der Waals surface area (Å²) in [5.41, 5.74) is 12.3. The highest BCUT2D eigenvalue weighted by molar-refractivity contribution is 5.84. The number of nitrogens with two attached hydrogens (primary N) is 1. The molecule has 4 N–H and O–H groups in total. The van der Waals surface area contributed by atoms with Crippen molar-refractivity contribution < 1.29 is 9.18 Å². The van der Waals surface area contributed by atoms with E-state index < -0.39 is 12.2 Å². The van der Waals surface area contributed by atoms with E-state index >= 15 is 0 Å². The number of hydrogen-bond donors (Lipinski definition) is 3. The summed E-state index contributed by atoms with van der Waals surface area (Å²) in [5.74, 6) is 0.597. The van der Waals surface area contributed by atoms with Crippen molar-refractivity contribution >= 4 is 12.1 Å². The van der Waals surface area contributed by atoms with Gasteiger partial charge in [-0.2, -0.15) is 0 Å². The molecule has 3 rings (SSSR count). The molecule has 6 unspecified atom stereocenters. The van der Waals surface area contributed by atoms with Crippen molar-refractivity contribution in [3.8, 4) is 0 Å². The Morgan fingerprint density at radius 2 is 2.12 bits per heavy atom. The van der Waals surface area contributed by atoms with Gasteiger partial charge >= 0.3 is 0 Å². The van der Waals surface area contributed by atoms with Crippen LogP contribution in [0.4, 0.5) is 4.39 Å². The van der Waals surface area contributed by atoms with Crippen molar-refractivity contribution in [2.75, 3.05) is 13.1 Å². The van der Waals surface area contributed by atoms with Crippen molar-refractivity contribution in [2.24, 2.45) is 28.5 Å². The largest absolute Gasteiger partial charge is 0.335 e. The molecule has 0 radical (unpaired) electrons. The van der Waals surface area contributed by atoms with Crippen molar-refractivity contribution in [3.63, 3.8) is 0 Å². The molecule has 0 aromatic rings. The molecule has 2 saturated heterocycles. The van der Waals surface area contributed by atoms with E-state index in [4.69, 9.17) is 5.73 Å². The van der Waals surface area contributed by atoms with Crippen LogP contribution in [0, 0.1) is 17.8 Å². The van der Waals surface area contributed by atoms with Crippen LogP contribution < -0.4 is 16.6 Å². The average Bonchev–Trinajstić information content (AvgIpc) is 3.09. The molecule has 3 aliphatic rings. The molecule has 0 aromatic heterocycles. The van der Waals surface area contributed by atoms with Crippen LogP contribution in [0.5, 0.6) is 0 Å². The summed E-state index contributed by atoms with van der Waals surface area (Å²) >= 11 is 0. The SMILES string of the molecule is CC1CN=CC([C@H]2C[C@H](F)CN2C(=O)C2NNC(C)C2C(C)N)C1. The number of carbonyl (C=O) groups excluding carboxylic acids is 1. The zero-order valence-electron chi connectivity index (χ0n) is 14.8. The van der Waals surface area contributed by atoms with E-state index in [0.717, 1.165) is 13.0 Å². The highest BCUT2D eigenvalue weighted by Gasteiger charge is 2.47. The van der Waals surface area contributed by atoms with Crippen LogP contribution in [0.1, 0.15) is 33.6 Å². The fourth-order valence-electron chi connectivity index (χ4n) is 4.57. The van der Waals surface area contributed by atoms with Gasteiger partial charge in [-0.25, -0.2) is 9.82 Å². The maximum Gasteiger partial charge on any atom is 0.241 e. The lowest BCUT2D eigenvalue weighted by molar-refractivity contribution is -0.136. The Balaban J connectivity index is 1.77. The normalized spacial score (nSPS) is 44.0. The number of carbonyl (C=O) groups is 1. The Labute approximate surface area is 143 Å². The molecule has 6 nitrogen and oxygen atoms in total. The Kier molecular flexibility index (Phi) is 5.22. The van der Waals surface area contributed by atoms with Gasteiger partial charge in [-0.15, -0.1) is 0 Å². The standard InChI is InChI=1S/C17H30FN5O/c1-9-4-12(7-20-6-9)14-5-13(18)8-23(14)17(24)16-15(10(2)19)11(3)21-22-16/h7,9-16,21-22H,4-6,8,19H2,1-3H3/t9?,10?,11?,12?,13-,14+,15?,16?/m0/s1. The first-order chi connectivity index (χ1) is 11.4. The number of likely N-dealkylation sites (tertiary alicyclic amines) is 1. The van der Waals surface area contributed by atoms with Gasteiger partial charge in [0.2, 0.25) is 5.91 Å². The molecule has 8 atom stereocenters. The number of nitrogens with one attached hydrogen (secondary N) is 2. The van der Waals surface area contributed by atoms with Gasteiger partial charge < -0.3 is 10.6 Å². The quantitative estimate of drug-likeness (QED) is 0.698. The van der Waals surface area contributed by atoms with Crippen molar-refractivity contribution in [1.82, 2.24) is 15.8 Å². The number of aliphatic imine (C=N–C) groups is 1. The molecule has 0 aliphatic carbocycles. The zero-order chi connectivity index (χ0) is 17.4. The second kappa shape index (κ2) is 7.06. The van der Waals surface area contributed by atoms with Gasteiger partial charge in [0.05, 0.1) is 6.54 Å². The molecule has 24 heavy (non-hydrogen) atoms. The fourth-order valence-corrected chi connectivity index (χ4v) is 4.57. The summed E-state index contributed by atoms with van der Waals surface area (Å²) in [6.07, 6.45) is 2.36. The molecule has 7 heteroatoms. The van der Waals surface area contributed by atoms with Crippen molar-refractivity contribution in [2.45, 2.75) is 64.0 Å². The Hall–Kier alpha value is -1.05. The summed E-state index contributed by atoms with van der Waals surface area (Å²) in [5, 5.41) is 0. The lowest BCUT2D eigenvalue weighted by atomic mass is 9.85. The number of nitrogens with zero attached hydrogens (tertiary/aromatic N) is 2. The monoisotopic (exact) mass is 339 g/mol. The molecule has 0 saturated carbocycles. The number of alkyl halides is 1. The van der Waals surface area contributed by atoms with Crippen LogP contribution in [-0.2, 0) is 4.79 Å². The molecule has 0 bridgehead atoms. The number of hydrogen-bond acceptors (Lipinski definition) is 5. The van der Waals surface area contributed by atoms with Crippen LogP contribution in [0.2, 0.25) is 0 Å². The molecule has 2 fully saturated rings. The van der Waals surface area contributed by atoms with E-state index in [1.807, 2.05) is 20.1 Å². The minimum atomic E-state index is -0.954. The zero-order valence-corrected chi connectivity index (χ0v) is 14.8. The van der Waals surface area contributed by atoms with Crippen LogP contribution in [0.25, 0.3) is 0 Å². The summed E-state index contributed by atoms with van der Waals surface area (Å²) in [6.45, 7) is 7.11. The maximum atomic E-state index is 14.2. The van der Waals surface area contributed by atoms with E-state index in [2.05, 4.69) is 22.8 Å². The number of amides is 1. The third-order valence-corrected chi connectivity index (χ3v) is 5.76. The fraction of sp³-hybridized carbons (Fsp3) is 0.882. The molecule has 1 amide bonds. The number of rotatable bonds is 3. The van der Waals surface area contributed by atoms with Crippen molar-refractivity contribution in [1.29, 1.82) is 0 Å². The highest BCUT2D eigenvalue weighted by Crippen LogP contribution is 2.32. The molecular weight excluding hydrogens is 309 g/mol. The Bertz CT molecular complexity index is 499. The van der Waals surface area contributed by atoms with E-state index in [0.29, 0.717) is 12.3 Å². The minimum absolute atomic E-state index is 0.00393. The summed E-state index contributed by atoms with van der Waals surface area (Å²) in [6, 6.07) is -0.497. The lowest BCUT2D eigenvalue weighted by Gasteiger charge is -2.35. The molecule has 0 aromatic carbocycles. The first-order valence-electron chi connectivity index (χ1n) is 9.09.